The SMILES string of the molecule is Cc1cccc2c(=O)n(CC(=O)N3CCN(c4nnnn4-c4ccccc4)CC3)cnc12. The van der Waals surface area contributed by atoms with Gasteiger partial charge in [-0.25, -0.2) is 4.98 Å². The van der Waals surface area contributed by atoms with Crippen molar-refractivity contribution in [3.05, 3.63) is 70.8 Å². The average molecular weight is 430 g/mol. The summed E-state index contributed by atoms with van der Waals surface area (Å²) >= 11 is 0. The molecule has 0 atom stereocenters. The van der Waals surface area contributed by atoms with Crippen LogP contribution in [0.25, 0.3) is 16.6 Å². The van der Waals surface area contributed by atoms with Crippen LogP contribution in [0.1, 0.15) is 5.56 Å². The van der Waals surface area contributed by atoms with Crippen molar-refractivity contribution in [1.29, 1.82) is 0 Å². The number of hydrogen-bond donors (Lipinski definition) is 0. The summed E-state index contributed by atoms with van der Waals surface area (Å²) in [5.41, 5.74) is 2.29. The molecule has 32 heavy (non-hydrogen) atoms. The first-order valence-electron chi connectivity index (χ1n) is 10.4. The number of piperazine rings is 1. The third-order valence-electron chi connectivity index (χ3n) is 5.73. The van der Waals surface area contributed by atoms with Crippen LogP contribution in [0.15, 0.2) is 59.7 Å². The number of benzene rings is 2. The van der Waals surface area contributed by atoms with Crippen molar-refractivity contribution in [2.24, 2.45) is 0 Å². The summed E-state index contributed by atoms with van der Waals surface area (Å²) in [4.78, 5) is 33.9. The molecule has 1 fully saturated rings. The number of aromatic nitrogens is 6. The minimum Gasteiger partial charge on any atom is -0.338 e. The monoisotopic (exact) mass is 430 g/mol. The summed E-state index contributed by atoms with van der Waals surface area (Å²) in [6.07, 6.45) is 1.46. The molecule has 4 aromatic rings. The average Bonchev–Trinajstić information content (AvgIpc) is 3.32. The fraction of sp³-hybridized carbons (Fsp3) is 0.273. The van der Waals surface area contributed by atoms with Crippen molar-refractivity contribution in [3.63, 3.8) is 0 Å². The number of nitrogens with zero attached hydrogens (tertiary/aromatic N) is 8. The molecule has 3 heterocycles. The van der Waals surface area contributed by atoms with Gasteiger partial charge < -0.3 is 9.80 Å². The van der Waals surface area contributed by atoms with Gasteiger partial charge in [0.15, 0.2) is 0 Å². The molecule has 1 aliphatic heterocycles. The highest BCUT2D eigenvalue weighted by Crippen LogP contribution is 2.17. The number of carbonyl (C=O) groups excluding carboxylic acids is 1. The van der Waals surface area contributed by atoms with Crippen LogP contribution in [0.5, 0.6) is 0 Å². The van der Waals surface area contributed by atoms with Gasteiger partial charge in [0.25, 0.3) is 5.56 Å². The van der Waals surface area contributed by atoms with Crippen LogP contribution in [0, 0.1) is 6.92 Å². The second kappa shape index (κ2) is 8.22. The molecule has 0 N–H and O–H groups in total. The summed E-state index contributed by atoms with van der Waals surface area (Å²) in [5.74, 6) is 0.539. The lowest BCUT2D eigenvalue weighted by molar-refractivity contribution is -0.132. The molecule has 5 rings (SSSR count). The molecule has 0 bridgehead atoms. The second-order valence-electron chi connectivity index (χ2n) is 7.74. The maximum Gasteiger partial charge on any atom is 0.261 e. The highest BCUT2D eigenvalue weighted by atomic mass is 16.2. The summed E-state index contributed by atoms with van der Waals surface area (Å²) in [6, 6.07) is 15.2. The fourth-order valence-electron chi connectivity index (χ4n) is 3.97. The lowest BCUT2D eigenvalue weighted by Gasteiger charge is -2.34. The number of rotatable bonds is 4. The Morgan fingerprint density at radius 2 is 1.78 bits per heavy atom. The molecule has 0 saturated carbocycles. The van der Waals surface area contributed by atoms with E-state index in [4.69, 9.17) is 0 Å². The van der Waals surface area contributed by atoms with E-state index < -0.39 is 0 Å². The van der Waals surface area contributed by atoms with E-state index in [1.54, 1.807) is 15.6 Å². The number of para-hydroxylation sites is 2. The van der Waals surface area contributed by atoms with Gasteiger partial charge in [0, 0.05) is 26.2 Å². The molecule has 10 heteroatoms. The quantitative estimate of drug-likeness (QED) is 0.476. The van der Waals surface area contributed by atoms with Crippen molar-refractivity contribution in [2.75, 3.05) is 31.1 Å². The van der Waals surface area contributed by atoms with Gasteiger partial charge in [0.05, 0.1) is 22.9 Å². The number of aryl methyl sites for hydroxylation is 1. The Morgan fingerprint density at radius 3 is 2.56 bits per heavy atom. The Hall–Kier alpha value is -4.08. The Balaban J connectivity index is 1.27. The molecular formula is C22H22N8O2. The molecule has 1 saturated heterocycles. The van der Waals surface area contributed by atoms with E-state index in [0.29, 0.717) is 43.0 Å². The molecule has 162 valence electrons. The van der Waals surface area contributed by atoms with Crippen molar-refractivity contribution >= 4 is 22.8 Å². The molecule has 2 aromatic carbocycles. The van der Waals surface area contributed by atoms with E-state index in [2.05, 4.69) is 25.4 Å². The van der Waals surface area contributed by atoms with E-state index >= 15 is 0 Å². The van der Waals surface area contributed by atoms with E-state index in [1.807, 2.05) is 49.4 Å². The molecule has 0 aliphatic carbocycles. The lowest BCUT2D eigenvalue weighted by atomic mass is 10.1. The number of fused-ring (bicyclic) bond motifs is 1. The van der Waals surface area contributed by atoms with Crippen LogP contribution in [-0.4, -0.2) is 66.7 Å². The smallest absolute Gasteiger partial charge is 0.261 e. The summed E-state index contributed by atoms with van der Waals surface area (Å²) in [7, 11) is 0. The van der Waals surface area contributed by atoms with Crippen molar-refractivity contribution in [1.82, 2.24) is 34.7 Å². The van der Waals surface area contributed by atoms with Gasteiger partial charge in [-0.3, -0.25) is 14.2 Å². The minimum atomic E-state index is -0.201. The molecular weight excluding hydrogens is 408 g/mol. The largest absolute Gasteiger partial charge is 0.338 e. The van der Waals surface area contributed by atoms with Gasteiger partial charge in [-0.2, -0.15) is 4.68 Å². The number of tetrazole rings is 1. The molecule has 0 unspecified atom stereocenters. The zero-order valence-electron chi connectivity index (χ0n) is 17.6. The first-order valence-corrected chi connectivity index (χ1v) is 10.4. The predicted octanol–water partition coefficient (Wildman–Crippen LogP) is 1.03. The Morgan fingerprint density at radius 1 is 1.00 bits per heavy atom. The van der Waals surface area contributed by atoms with Gasteiger partial charge in [0.1, 0.15) is 6.54 Å². The Bertz CT molecular complexity index is 1320. The van der Waals surface area contributed by atoms with Crippen LogP contribution in [0.2, 0.25) is 0 Å². The second-order valence-corrected chi connectivity index (χ2v) is 7.74. The molecule has 0 spiro atoms. The van der Waals surface area contributed by atoms with Gasteiger partial charge >= 0.3 is 0 Å². The van der Waals surface area contributed by atoms with Crippen molar-refractivity contribution in [3.8, 4) is 5.69 Å². The standard InChI is InChI=1S/C22H22N8O2/c1-16-6-5-9-18-20(16)23-15-29(21(18)32)14-19(31)27-10-12-28(13-11-27)22-24-25-26-30(22)17-7-3-2-4-8-17/h2-9,15H,10-14H2,1H3. The lowest BCUT2D eigenvalue weighted by Crippen LogP contribution is -2.50. The van der Waals surface area contributed by atoms with Gasteiger partial charge in [0.2, 0.25) is 11.9 Å². The number of carbonyl (C=O) groups is 1. The van der Waals surface area contributed by atoms with Crippen LogP contribution < -0.4 is 10.5 Å². The molecule has 10 nitrogen and oxygen atoms in total. The molecule has 1 aliphatic rings. The first-order chi connectivity index (χ1) is 15.6. The van der Waals surface area contributed by atoms with E-state index in [-0.39, 0.29) is 18.0 Å². The Labute approximate surface area is 183 Å². The zero-order valence-corrected chi connectivity index (χ0v) is 17.6. The first kappa shape index (κ1) is 19.9. The Kier molecular flexibility index (Phi) is 5.10. The normalized spacial score (nSPS) is 14.2. The molecule has 1 amide bonds. The van der Waals surface area contributed by atoms with Crippen LogP contribution in [0.4, 0.5) is 5.95 Å². The topological polar surface area (TPSA) is 102 Å². The zero-order chi connectivity index (χ0) is 22.1. The predicted molar refractivity (Wildman–Crippen MR) is 119 cm³/mol. The van der Waals surface area contributed by atoms with Gasteiger partial charge in [-0.05, 0) is 41.1 Å². The van der Waals surface area contributed by atoms with E-state index in [9.17, 15) is 9.59 Å². The van der Waals surface area contributed by atoms with Crippen molar-refractivity contribution in [2.45, 2.75) is 13.5 Å². The minimum absolute atomic E-state index is 0.0303. The third-order valence-corrected chi connectivity index (χ3v) is 5.73. The van der Waals surface area contributed by atoms with Gasteiger partial charge in [-0.1, -0.05) is 35.4 Å². The van der Waals surface area contributed by atoms with Crippen LogP contribution >= 0.6 is 0 Å². The van der Waals surface area contributed by atoms with E-state index in [0.717, 1.165) is 11.3 Å². The highest BCUT2D eigenvalue weighted by Gasteiger charge is 2.25. The maximum atomic E-state index is 12.9. The number of amides is 1. The van der Waals surface area contributed by atoms with Gasteiger partial charge in [-0.15, -0.1) is 0 Å². The number of anilines is 1. The highest BCUT2D eigenvalue weighted by molar-refractivity contribution is 5.81. The maximum absolute atomic E-state index is 12.9. The number of hydrogen-bond acceptors (Lipinski definition) is 7. The molecule has 0 radical (unpaired) electrons. The summed E-state index contributed by atoms with van der Waals surface area (Å²) < 4.78 is 3.08. The van der Waals surface area contributed by atoms with Crippen LogP contribution in [0.3, 0.4) is 0 Å². The fourth-order valence-corrected chi connectivity index (χ4v) is 3.97. The summed E-state index contributed by atoms with van der Waals surface area (Å²) in [6.45, 7) is 4.13. The van der Waals surface area contributed by atoms with E-state index in [1.165, 1.54) is 10.9 Å². The van der Waals surface area contributed by atoms with Crippen molar-refractivity contribution < 1.29 is 4.79 Å². The third kappa shape index (κ3) is 3.59. The van der Waals surface area contributed by atoms with Crippen LogP contribution in [-0.2, 0) is 11.3 Å². The summed E-state index contributed by atoms with van der Waals surface area (Å²) in [5, 5.41) is 12.6. The molecule has 2 aromatic heterocycles.